The first-order chi connectivity index (χ1) is 52.9. The normalized spacial score (nSPS) is 12.0. The van der Waals surface area contributed by atoms with Crippen molar-refractivity contribution in [3.8, 4) is 0 Å². The van der Waals surface area contributed by atoms with Gasteiger partial charge >= 0.3 is 0 Å². The minimum atomic E-state index is 0.339. The molecule has 7 aromatic rings. The van der Waals surface area contributed by atoms with Crippen LogP contribution in [0.1, 0.15) is 376 Å². The Balaban J connectivity index is 0.000000461. The van der Waals surface area contributed by atoms with Crippen molar-refractivity contribution in [3.05, 3.63) is 116 Å². The van der Waals surface area contributed by atoms with E-state index in [-0.39, 0.29) is 0 Å². The molecule has 0 N–H and O–H groups in total. The van der Waals surface area contributed by atoms with Crippen LogP contribution in [0.4, 0.5) is 0 Å². The Morgan fingerprint density at radius 1 is 0.345 bits per heavy atom. The van der Waals surface area contributed by atoms with E-state index in [1.807, 2.05) is 129 Å². The van der Waals surface area contributed by atoms with E-state index in [2.05, 4.69) is 318 Å². The van der Waals surface area contributed by atoms with Gasteiger partial charge in [-0.2, -0.15) is 133 Å². The fraction of sp³-hybridized carbons (Fsp3) is 0.750. The van der Waals surface area contributed by atoms with Gasteiger partial charge in [-0.05, 0) is 127 Å². The molecule has 0 atom stereocenters. The summed E-state index contributed by atoms with van der Waals surface area (Å²) in [6, 6.07) is 7.24. The van der Waals surface area contributed by atoms with Crippen LogP contribution < -0.4 is 0 Å². The Morgan fingerprint density at radius 2 is 0.735 bits per heavy atom. The van der Waals surface area contributed by atoms with Crippen LogP contribution in [0.15, 0.2) is 28.9 Å². The van der Waals surface area contributed by atoms with E-state index in [9.17, 15) is 0 Å². The molecule has 1 aromatic carbocycles. The molecule has 0 aliphatic rings. The van der Waals surface area contributed by atoms with Gasteiger partial charge in [0.15, 0.2) is 5.76 Å². The summed E-state index contributed by atoms with van der Waals surface area (Å²) in [5, 5.41) is 28.5. The van der Waals surface area contributed by atoms with Crippen molar-refractivity contribution in [2.24, 2.45) is 11.8 Å². The molecule has 642 valence electrons. The number of thioether (sulfide) groups is 10. The quantitative estimate of drug-likeness (QED) is 0.0354. The van der Waals surface area contributed by atoms with Crippen molar-refractivity contribution < 1.29 is 4.52 Å². The lowest BCUT2D eigenvalue weighted by atomic mass is 10.0. The third kappa shape index (κ3) is 45.2. The summed E-state index contributed by atoms with van der Waals surface area (Å²) in [4.78, 5) is 34.9. The van der Waals surface area contributed by atoms with Crippen LogP contribution in [0.5, 0.6) is 0 Å². The van der Waals surface area contributed by atoms with E-state index in [0.717, 1.165) is 150 Å². The second-order valence-electron chi connectivity index (χ2n) is 34.0. The second-order valence-corrected chi connectivity index (χ2v) is 49.6. The third-order valence-corrected chi connectivity index (χ3v) is 27.2. The summed E-state index contributed by atoms with van der Waals surface area (Å²) in [7, 11) is 0. The van der Waals surface area contributed by atoms with Crippen molar-refractivity contribution in [2.45, 2.75) is 408 Å². The topological polar surface area (TPSA) is 178 Å². The molecule has 0 aliphatic heterocycles. The van der Waals surface area contributed by atoms with Crippen LogP contribution in [-0.4, -0.2) is 123 Å². The Bertz CT molecular complexity index is 3540. The highest BCUT2D eigenvalue weighted by molar-refractivity contribution is 8.01. The Labute approximate surface area is 732 Å². The van der Waals surface area contributed by atoms with Gasteiger partial charge in [0.05, 0.1) is 79.8 Å². The van der Waals surface area contributed by atoms with Gasteiger partial charge in [-0.3, -0.25) is 9.97 Å². The largest absolute Gasteiger partial charge is 0.360 e. The van der Waals surface area contributed by atoms with E-state index in [1.165, 1.54) is 22.5 Å². The summed E-state index contributed by atoms with van der Waals surface area (Å²) in [5.41, 5.74) is 16.4. The molecule has 0 fully saturated rings. The summed E-state index contributed by atoms with van der Waals surface area (Å²) in [6.07, 6.45) is 3.82. The van der Waals surface area contributed by atoms with Crippen LogP contribution in [0.25, 0.3) is 11.0 Å². The van der Waals surface area contributed by atoms with Crippen molar-refractivity contribution in [1.29, 1.82) is 0 Å². The molecule has 6 aromatic heterocycles. The van der Waals surface area contributed by atoms with Gasteiger partial charge in [0.25, 0.3) is 0 Å². The summed E-state index contributed by atoms with van der Waals surface area (Å²) in [6.45, 7) is 79.3. The van der Waals surface area contributed by atoms with E-state index < -0.39 is 0 Å². The van der Waals surface area contributed by atoms with Crippen LogP contribution in [0.2, 0.25) is 0 Å². The average Bonchev–Trinajstić information content (AvgIpc) is 1.40. The highest BCUT2D eigenvalue weighted by Crippen LogP contribution is 2.34. The molecule has 0 spiro atoms. The van der Waals surface area contributed by atoms with Gasteiger partial charge in [0, 0.05) is 88.3 Å². The van der Waals surface area contributed by atoms with Crippen molar-refractivity contribution >= 4 is 129 Å². The molecule has 0 saturated carbocycles. The zero-order chi connectivity index (χ0) is 85.5. The van der Waals surface area contributed by atoms with Gasteiger partial charge in [-0.1, -0.05) is 238 Å². The molecule has 15 nitrogen and oxygen atoms in total. The highest BCUT2D eigenvalue weighted by Gasteiger charge is 2.22. The van der Waals surface area contributed by atoms with E-state index >= 15 is 0 Å². The molecule has 0 radical (unpaired) electrons. The molecule has 0 bridgehead atoms. The predicted molar refractivity (Wildman–Crippen MR) is 516 cm³/mol. The number of aromatic nitrogens is 14. The number of nitrogens with zero attached hydrogens (tertiary/aromatic N) is 14. The molecule has 0 saturated heterocycles. The zero-order valence-electron chi connectivity index (χ0n) is 76.9. The first-order valence-corrected chi connectivity index (χ1v) is 52.2. The zero-order valence-corrected chi connectivity index (χ0v) is 85.1. The molecule has 0 amide bonds. The maximum atomic E-state index is 5.56. The molecule has 0 aliphatic carbocycles. The summed E-state index contributed by atoms with van der Waals surface area (Å²) in [5.74, 6) is 16.6. The SMILES string of the molecule is CC(C)Cc1nc(CC(C)C)nc(C(C)C)n1.CC(C)SCc1nc2ccc(C(C)C)cc2nc1CSC(C)C.CC(C)SCc1ncc(C(C)C)nc1CSC(C)C.CC(C)SCc1nn(C(C)C)nc1CSC(C)C.CC(C)SCc1nnn(C(C)C)c1CSC(C)C.CC(C)SCc1onc(C(C)C)c1CSC(C)C. The summed E-state index contributed by atoms with van der Waals surface area (Å²) >= 11 is 19.4. The average molecular weight is 1740 g/mol. The van der Waals surface area contributed by atoms with E-state index in [4.69, 9.17) is 19.5 Å². The molecule has 113 heavy (non-hydrogen) atoms. The van der Waals surface area contributed by atoms with Gasteiger partial charge in [-0.25, -0.2) is 29.6 Å². The van der Waals surface area contributed by atoms with Gasteiger partial charge in [-0.15, -0.1) is 5.10 Å². The number of hydrogen-bond acceptors (Lipinski definition) is 23. The van der Waals surface area contributed by atoms with Gasteiger partial charge in [0.2, 0.25) is 0 Å². The number of fused-ring (bicyclic) bond motifs is 1. The standard InChI is InChI=1S/C19H28N2S2.C15H26N2S2.C14H25N3.C14H25NOS2.2C13H25N3S2/c1-12(2)15-7-8-16-17(9-15)21-19(11-23-14(5)6)18(20-16)10-22-13(3)4;1-10(2)13-7-16-14(8-18-11(3)4)15(17-13)9-19-12(5)6;1-9(2)7-12-15-13(8-10(3)4)17-14(16-12)11(5)6;1-9(2)14-12(7-17-10(3)4)13(16-15-14)8-18-11(5)6;1-9(2)16-13(8-18-11(5)6)12(14-15-16)7-17-10(3)4;1-9(2)16-14-12(7-17-10(3)4)13(15-16)8-18-11(5)6/h7-9,12-14H,10-11H2,1-6H3;7,10-12H,8-9H2,1-6H3;9-11H,7-8H2,1-6H3;3*9-11H,7-8H2,1-6H3. The maximum absolute atomic E-state index is 5.56. The Hall–Kier alpha value is -2.36. The maximum Gasteiger partial charge on any atom is 0.150 e. The van der Waals surface area contributed by atoms with Crippen LogP contribution in [0, 0.1) is 11.8 Å². The molecule has 7 rings (SSSR count). The first-order valence-electron chi connectivity index (χ1n) is 41.8. The van der Waals surface area contributed by atoms with Crippen LogP contribution >= 0.6 is 118 Å². The Kier molecular flexibility index (Phi) is 53.9. The molecule has 6 heterocycles. The first kappa shape index (κ1) is 107. The van der Waals surface area contributed by atoms with E-state index in [0.29, 0.717) is 100 Å². The fourth-order valence-electron chi connectivity index (χ4n) is 9.78. The van der Waals surface area contributed by atoms with Crippen molar-refractivity contribution in [1.82, 2.24) is 70.0 Å². The van der Waals surface area contributed by atoms with Crippen LogP contribution in [0.3, 0.4) is 0 Å². The lowest BCUT2D eigenvalue weighted by Crippen LogP contribution is -2.12. The van der Waals surface area contributed by atoms with Gasteiger partial charge in [0.1, 0.15) is 17.5 Å². The molecule has 25 heteroatoms. The van der Waals surface area contributed by atoms with E-state index in [1.54, 1.807) is 0 Å². The third-order valence-electron chi connectivity index (χ3n) is 16.1. The smallest absolute Gasteiger partial charge is 0.150 e. The van der Waals surface area contributed by atoms with Crippen molar-refractivity contribution in [2.75, 3.05) is 0 Å². The number of hydrogen-bond donors (Lipinski definition) is 0. The Morgan fingerprint density at radius 3 is 1.12 bits per heavy atom. The lowest BCUT2D eigenvalue weighted by Gasteiger charge is -2.13. The molecule has 0 unspecified atom stereocenters. The minimum absolute atomic E-state index is 0.339. The van der Waals surface area contributed by atoms with Gasteiger partial charge < -0.3 is 4.52 Å². The lowest BCUT2D eigenvalue weighted by molar-refractivity contribution is 0.385. The predicted octanol–water partition coefficient (Wildman–Crippen LogP) is 27.7. The number of benzene rings is 1. The second kappa shape index (κ2) is 57.0. The number of rotatable bonds is 40. The fourth-order valence-corrected chi connectivity index (χ4v) is 17.1. The van der Waals surface area contributed by atoms with Crippen molar-refractivity contribution in [3.63, 3.8) is 0 Å². The summed E-state index contributed by atoms with van der Waals surface area (Å²) < 4.78 is 7.63. The molecular formula is C88H154N14OS10. The minimum Gasteiger partial charge on any atom is -0.360 e. The molecular weight excluding hydrogens is 1590 g/mol. The van der Waals surface area contributed by atoms with Crippen LogP contribution in [-0.2, 0) is 70.4 Å². The highest BCUT2D eigenvalue weighted by atomic mass is 32.2. The monoisotopic (exact) mass is 1740 g/mol.